The van der Waals surface area contributed by atoms with E-state index in [1.807, 2.05) is 0 Å². The molecule has 0 spiro atoms. The zero-order chi connectivity index (χ0) is 16.8. The molecule has 10 heteroatoms. The van der Waals surface area contributed by atoms with Gasteiger partial charge in [-0.3, -0.25) is 14.9 Å². The summed E-state index contributed by atoms with van der Waals surface area (Å²) in [6.07, 6.45) is -4.11. The van der Waals surface area contributed by atoms with E-state index in [1.165, 1.54) is 0 Å². The molecule has 0 aromatic heterocycles. The number of halogens is 3. The molecule has 2 heterocycles. The lowest BCUT2D eigenvalue weighted by Crippen LogP contribution is -2.62. The molecule has 7 nitrogen and oxygen atoms in total. The van der Waals surface area contributed by atoms with E-state index in [4.69, 9.17) is 0 Å². The molecular formula is C13H12F3N3O4. The minimum absolute atomic E-state index is 0.0340. The number of ether oxygens (including phenoxy) is 1. The predicted molar refractivity (Wildman–Crippen MR) is 71.3 cm³/mol. The number of esters is 1. The Kier molecular flexibility index (Phi) is 3.43. The summed E-state index contributed by atoms with van der Waals surface area (Å²) in [6.45, 7) is 0.0654. The number of nitrogens with zero attached hydrogens (tertiary/aromatic N) is 2. The summed E-state index contributed by atoms with van der Waals surface area (Å²) < 4.78 is 45.6. The quantitative estimate of drug-likeness (QED) is 0.519. The minimum Gasteiger partial charge on any atom is -0.414 e. The smallest absolute Gasteiger partial charge is 0.414 e. The zero-order valence-corrected chi connectivity index (χ0v) is 11.7. The molecule has 2 atom stereocenters. The number of rotatable bonds is 3. The summed E-state index contributed by atoms with van der Waals surface area (Å²) in [7, 11) is 0. The Morgan fingerprint density at radius 2 is 2.00 bits per heavy atom. The van der Waals surface area contributed by atoms with Gasteiger partial charge in [0.25, 0.3) is 5.69 Å². The number of alkyl halides is 3. The summed E-state index contributed by atoms with van der Waals surface area (Å²) in [5.41, 5.74) is -0.285. The van der Waals surface area contributed by atoms with Gasteiger partial charge in [-0.1, -0.05) is 0 Å². The molecular weight excluding hydrogens is 319 g/mol. The predicted octanol–water partition coefficient (Wildman–Crippen LogP) is 2.24. The average molecular weight is 331 g/mol. The Balaban J connectivity index is 1.95. The number of non-ortho nitro benzene ring substituents is 1. The van der Waals surface area contributed by atoms with Gasteiger partial charge in [0.2, 0.25) is 0 Å². The Morgan fingerprint density at radius 3 is 2.57 bits per heavy atom. The summed E-state index contributed by atoms with van der Waals surface area (Å²) in [5.74, 6) is -3.87. The molecule has 0 saturated carbocycles. The fourth-order valence-corrected chi connectivity index (χ4v) is 2.91. The van der Waals surface area contributed by atoms with E-state index < -0.39 is 29.0 Å². The SMILES string of the molecule is O=C1O[C@](Nc2ccc([N+](=O)[O-])cc2)(C(F)(F)F)N2CCC[C@H]12. The number of hydrogen-bond donors (Lipinski definition) is 1. The van der Waals surface area contributed by atoms with Crippen LogP contribution in [0.1, 0.15) is 12.8 Å². The van der Waals surface area contributed by atoms with E-state index in [2.05, 4.69) is 10.1 Å². The van der Waals surface area contributed by atoms with E-state index in [-0.39, 0.29) is 17.9 Å². The van der Waals surface area contributed by atoms with Gasteiger partial charge in [-0.05, 0) is 25.0 Å². The van der Waals surface area contributed by atoms with Crippen molar-refractivity contribution in [2.75, 3.05) is 11.9 Å². The fraction of sp³-hybridized carbons (Fsp3) is 0.462. The van der Waals surface area contributed by atoms with E-state index in [0.717, 1.165) is 29.2 Å². The van der Waals surface area contributed by atoms with Gasteiger partial charge in [0.05, 0.1) is 4.92 Å². The standard InChI is InChI=1S/C13H12F3N3O4/c14-12(15,16)13(18-7-1-2-10(18)11(20)23-13)17-8-3-5-9(6-4-8)19(21)22/h3-6,10,17H,1-2,7H2/t10-,13+/m1/s1. The van der Waals surface area contributed by atoms with Gasteiger partial charge in [-0.15, -0.1) is 0 Å². The van der Waals surface area contributed by atoms with Gasteiger partial charge in [-0.2, -0.15) is 13.2 Å². The first kappa shape index (κ1) is 15.5. The highest BCUT2D eigenvalue weighted by Crippen LogP contribution is 2.46. The Bertz CT molecular complexity index is 649. The van der Waals surface area contributed by atoms with Crippen LogP contribution in [0.5, 0.6) is 0 Å². The fourth-order valence-electron chi connectivity index (χ4n) is 2.91. The molecule has 23 heavy (non-hydrogen) atoms. The van der Waals surface area contributed by atoms with Gasteiger partial charge >= 0.3 is 18.0 Å². The first-order valence-corrected chi connectivity index (χ1v) is 6.83. The number of nitro benzene ring substituents is 1. The first-order valence-electron chi connectivity index (χ1n) is 6.83. The zero-order valence-electron chi connectivity index (χ0n) is 11.7. The van der Waals surface area contributed by atoms with Crippen LogP contribution in [0.3, 0.4) is 0 Å². The lowest BCUT2D eigenvalue weighted by atomic mass is 10.2. The molecule has 2 saturated heterocycles. The van der Waals surface area contributed by atoms with Crippen LogP contribution in [0.25, 0.3) is 0 Å². The maximum Gasteiger partial charge on any atom is 0.465 e. The monoisotopic (exact) mass is 331 g/mol. The summed E-state index contributed by atoms with van der Waals surface area (Å²) in [6, 6.07) is 3.50. The number of nitro groups is 1. The van der Waals surface area contributed by atoms with Crippen LogP contribution in [0.4, 0.5) is 24.5 Å². The molecule has 2 fully saturated rings. The maximum absolute atomic E-state index is 13.6. The van der Waals surface area contributed by atoms with E-state index >= 15 is 0 Å². The second kappa shape index (κ2) is 5.08. The van der Waals surface area contributed by atoms with Crippen LogP contribution in [0.2, 0.25) is 0 Å². The maximum atomic E-state index is 13.6. The van der Waals surface area contributed by atoms with Crippen molar-refractivity contribution in [2.24, 2.45) is 0 Å². The van der Waals surface area contributed by atoms with Gasteiger partial charge in [0, 0.05) is 24.4 Å². The van der Waals surface area contributed by atoms with Crippen LogP contribution in [-0.4, -0.2) is 40.4 Å². The number of nitrogens with one attached hydrogen (secondary N) is 1. The highest BCUT2D eigenvalue weighted by molar-refractivity contribution is 5.79. The highest BCUT2D eigenvalue weighted by atomic mass is 19.4. The topological polar surface area (TPSA) is 84.7 Å². The third-order valence-electron chi connectivity index (χ3n) is 3.95. The Morgan fingerprint density at radius 1 is 1.35 bits per heavy atom. The molecule has 0 radical (unpaired) electrons. The molecule has 1 N–H and O–H groups in total. The van der Waals surface area contributed by atoms with Crippen molar-refractivity contribution in [2.45, 2.75) is 30.9 Å². The summed E-state index contributed by atoms with van der Waals surface area (Å²) >= 11 is 0. The largest absolute Gasteiger partial charge is 0.465 e. The third-order valence-corrected chi connectivity index (χ3v) is 3.95. The second-order valence-electron chi connectivity index (χ2n) is 5.34. The number of fused-ring (bicyclic) bond motifs is 1. The molecule has 1 aromatic carbocycles. The molecule has 1 aromatic rings. The number of anilines is 1. The van der Waals surface area contributed by atoms with Gasteiger partial charge in [0.15, 0.2) is 0 Å². The van der Waals surface area contributed by atoms with Crippen molar-refractivity contribution in [3.8, 4) is 0 Å². The molecule has 0 bridgehead atoms. The second-order valence-corrected chi connectivity index (χ2v) is 5.34. The molecule has 2 aliphatic rings. The van der Waals surface area contributed by atoms with E-state index in [1.54, 1.807) is 0 Å². The van der Waals surface area contributed by atoms with Crippen molar-refractivity contribution in [1.29, 1.82) is 0 Å². The van der Waals surface area contributed by atoms with Crippen molar-refractivity contribution in [3.63, 3.8) is 0 Å². The van der Waals surface area contributed by atoms with E-state index in [0.29, 0.717) is 12.8 Å². The van der Waals surface area contributed by atoms with Crippen molar-refractivity contribution < 1.29 is 27.6 Å². The molecule has 3 rings (SSSR count). The minimum atomic E-state index is -4.87. The lowest BCUT2D eigenvalue weighted by Gasteiger charge is -2.37. The Labute approximate surface area is 128 Å². The normalized spacial score (nSPS) is 27.6. The van der Waals surface area contributed by atoms with Crippen LogP contribution < -0.4 is 5.32 Å². The first-order chi connectivity index (χ1) is 10.7. The summed E-state index contributed by atoms with van der Waals surface area (Å²) in [5, 5.41) is 12.8. The lowest BCUT2D eigenvalue weighted by molar-refractivity contribution is -0.384. The van der Waals surface area contributed by atoms with Crippen LogP contribution in [0.15, 0.2) is 24.3 Å². The molecule has 124 valence electrons. The van der Waals surface area contributed by atoms with Crippen LogP contribution in [0, 0.1) is 10.1 Å². The number of benzene rings is 1. The molecule has 0 aliphatic carbocycles. The van der Waals surface area contributed by atoms with Gasteiger partial charge in [0.1, 0.15) is 6.04 Å². The van der Waals surface area contributed by atoms with Crippen LogP contribution in [-0.2, 0) is 9.53 Å². The summed E-state index contributed by atoms with van der Waals surface area (Å²) in [4.78, 5) is 22.7. The number of carbonyl (C=O) groups is 1. The molecule has 2 aliphatic heterocycles. The Hall–Kier alpha value is -2.36. The van der Waals surface area contributed by atoms with Crippen molar-refractivity contribution in [1.82, 2.24) is 4.90 Å². The average Bonchev–Trinajstić information content (AvgIpc) is 3.03. The number of hydrogen-bond acceptors (Lipinski definition) is 6. The number of cyclic esters (lactones) is 1. The molecule has 0 unspecified atom stereocenters. The van der Waals surface area contributed by atoms with Crippen molar-refractivity contribution in [3.05, 3.63) is 34.4 Å². The van der Waals surface area contributed by atoms with Gasteiger partial charge < -0.3 is 10.1 Å². The number of carbonyl (C=O) groups excluding carboxylic acids is 1. The highest BCUT2D eigenvalue weighted by Gasteiger charge is 2.70. The molecule has 0 amide bonds. The van der Waals surface area contributed by atoms with Crippen molar-refractivity contribution >= 4 is 17.3 Å². The van der Waals surface area contributed by atoms with Crippen LogP contribution >= 0.6 is 0 Å². The third kappa shape index (κ3) is 2.38. The van der Waals surface area contributed by atoms with Gasteiger partial charge in [-0.25, -0.2) is 4.90 Å². The van der Waals surface area contributed by atoms with E-state index in [9.17, 15) is 28.1 Å².